The zero-order valence-corrected chi connectivity index (χ0v) is 24.3. The Morgan fingerprint density at radius 1 is 1.00 bits per heavy atom. The fourth-order valence-corrected chi connectivity index (χ4v) is 5.91. The first kappa shape index (κ1) is 28.0. The number of carbonyl (C=O) groups excluding carboxylic acids is 2. The van der Waals surface area contributed by atoms with Gasteiger partial charge in [-0.1, -0.05) is 29.5 Å². The van der Waals surface area contributed by atoms with E-state index in [-0.39, 0.29) is 24.5 Å². The van der Waals surface area contributed by atoms with E-state index in [0.717, 1.165) is 5.56 Å². The Morgan fingerprint density at radius 3 is 2.44 bits per heavy atom. The van der Waals surface area contributed by atoms with Crippen LogP contribution in [0, 0.1) is 0 Å². The highest BCUT2D eigenvalue weighted by atomic mass is 32.1. The molecule has 0 N–H and O–H groups in total. The minimum Gasteiger partial charge on any atom is -0.497 e. The van der Waals surface area contributed by atoms with E-state index in [1.807, 2.05) is 0 Å². The van der Waals surface area contributed by atoms with Crippen LogP contribution in [0.3, 0.4) is 0 Å². The van der Waals surface area contributed by atoms with Gasteiger partial charge < -0.3 is 23.7 Å². The Bertz CT molecular complexity index is 1940. The van der Waals surface area contributed by atoms with Gasteiger partial charge in [-0.15, -0.1) is 0 Å². The van der Waals surface area contributed by atoms with Gasteiger partial charge in [0.1, 0.15) is 11.5 Å². The minimum atomic E-state index is -0.772. The lowest BCUT2D eigenvalue weighted by atomic mass is 9.95. The lowest BCUT2D eigenvalue weighted by Crippen LogP contribution is -2.39. The highest BCUT2D eigenvalue weighted by molar-refractivity contribution is 7.07. The predicted molar refractivity (Wildman–Crippen MR) is 157 cm³/mol. The third-order valence-corrected chi connectivity index (χ3v) is 7.93. The maximum absolute atomic E-state index is 13.9. The molecule has 0 saturated heterocycles. The van der Waals surface area contributed by atoms with E-state index in [4.69, 9.17) is 23.7 Å². The number of methoxy groups -OCH3 is 1. The normalized spacial score (nSPS) is 15.5. The summed E-state index contributed by atoms with van der Waals surface area (Å²) in [4.78, 5) is 44.6. The summed E-state index contributed by atoms with van der Waals surface area (Å²) in [5.41, 5.74) is 2.21. The molecule has 0 saturated carbocycles. The molecule has 0 aliphatic carbocycles. The Hall–Kier alpha value is -5.16. The van der Waals surface area contributed by atoms with Crippen LogP contribution in [-0.4, -0.2) is 37.0 Å². The largest absolute Gasteiger partial charge is 0.497 e. The number of benzene rings is 3. The number of allylic oxidation sites excluding steroid dienone is 1. The van der Waals surface area contributed by atoms with Crippen LogP contribution in [0.25, 0.3) is 6.08 Å². The maximum atomic E-state index is 13.9. The second kappa shape index (κ2) is 11.6. The van der Waals surface area contributed by atoms with Crippen LogP contribution in [0.5, 0.6) is 23.0 Å². The number of aromatic nitrogens is 1. The van der Waals surface area contributed by atoms with Crippen molar-refractivity contribution >= 4 is 29.4 Å². The van der Waals surface area contributed by atoms with Crippen molar-refractivity contribution in [1.82, 2.24) is 4.57 Å². The molecule has 2 aliphatic rings. The lowest BCUT2D eigenvalue weighted by molar-refractivity contribution is -0.139. The number of ether oxygens (including phenoxy) is 5. The lowest BCUT2D eigenvalue weighted by Gasteiger charge is -2.24. The predicted octanol–water partition coefficient (Wildman–Crippen LogP) is 3.75. The summed E-state index contributed by atoms with van der Waals surface area (Å²) >= 11 is 1.22. The van der Waals surface area contributed by atoms with Crippen LogP contribution in [-0.2, 0) is 9.53 Å². The molecule has 0 amide bonds. The number of esters is 2. The number of hydrogen-bond acceptors (Lipinski definition) is 10. The van der Waals surface area contributed by atoms with Gasteiger partial charge in [0.25, 0.3) is 5.56 Å². The first-order chi connectivity index (χ1) is 20.9. The Labute approximate surface area is 249 Å². The van der Waals surface area contributed by atoms with Crippen LogP contribution in [0.4, 0.5) is 0 Å². The monoisotopic (exact) mass is 598 g/mol. The van der Waals surface area contributed by atoms with Gasteiger partial charge >= 0.3 is 11.9 Å². The third kappa shape index (κ3) is 5.42. The molecule has 3 heterocycles. The number of hydrogen-bond donors (Lipinski definition) is 0. The first-order valence-electron chi connectivity index (χ1n) is 13.4. The Morgan fingerprint density at radius 2 is 1.72 bits per heavy atom. The summed E-state index contributed by atoms with van der Waals surface area (Å²) in [5, 5.41) is 0. The van der Waals surface area contributed by atoms with E-state index in [2.05, 4.69) is 4.99 Å². The van der Waals surface area contributed by atoms with Gasteiger partial charge in [-0.2, -0.15) is 0 Å². The summed E-state index contributed by atoms with van der Waals surface area (Å²) in [6.45, 7) is 3.74. The summed E-state index contributed by atoms with van der Waals surface area (Å²) in [6, 6.07) is 18.0. The average Bonchev–Trinajstić information content (AvgIpc) is 3.61. The molecule has 0 radical (unpaired) electrons. The van der Waals surface area contributed by atoms with Gasteiger partial charge in [0, 0.05) is 0 Å². The quantitative estimate of drug-likeness (QED) is 0.234. The summed E-state index contributed by atoms with van der Waals surface area (Å²) in [5.74, 6) is 1.08. The van der Waals surface area contributed by atoms with Crippen LogP contribution in [0.2, 0.25) is 0 Å². The number of carbonyl (C=O) groups is 2. The molecule has 0 unspecified atom stereocenters. The molecule has 1 aromatic heterocycles. The van der Waals surface area contributed by atoms with E-state index < -0.39 is 18.0 Å². The van der Waals surface area contributed by atoms with Crippen LogP contribution in [0.1, 0.15) is 41.4 Å². The van der Waals surface area contributed by atoms with Crippen molar-refractivity contribution in [1.29, 1.82) is 0 Å². The van der Waals surface area contributed by atoms with Crippen molar-refractivity contribution in [2.75, 3.05) is 20.5 Å². The second-order valence-electron chi connectivity index (χ2n) is 9.60. The molecule has 43 heavy (non-hydrogen) atoms. The SMILES string of the molecule is CCOC(=O)C1=C(C)N=c2sc(=Cc3ccc(OC(=O)c4ccc(OC)cc4)cc3)c(=O)n2[C@H]1c1ccc2c(c1)OCO2. The van der Waals surface area contributed by atoms with Gasteiger partial charge in [-0.05, 0) is 79.6 Å². The highest BCUT2D eigenvalue weighted by Crippen LogP contribution is 2.38. The van der Waals surface area contributed by atoms with Crippen molar-refractivity contribution < 1.29 is 33.3 Å². The number of thiazole rings is 1. The van der Waals surface area contributed by atoms with Crippen LogP contribution in [0.15, 0.2) is 87.8 Å². The fourth-order valence-electron chi connectivity index (χ4n) is 4.87. The van der Waals surface area contributed by atoms with Gasteiger partial charge in [-0.3, -0.25) is 9.36 Å². The molecule has 3 aromatic carbocycles. The molecule has 6 rings (SSSR count). The van der Waals surface area contributed by atoms with Crippen molar-refractivity contribution in [3.05, 3.63) is 114 Å². The second-order valence-corrected chi connectivity index (χ2v) is 10.6. The van der Waals surface area contributed by atoms with E-state index in [1.54, 1.807) is 93.8 Å². The molecule has 0 spiro atoms. The van der Waals surface area contributed by atoms with E-state index in [9.17, 15) is 14.4 Å². The molecule has 0 bridgehead atoms. The Balaban J connectivity index is 1.34. The molecular weight excluding hydrogens is 572 g/mol. The smallest absolute Gasteiger partial charge is 0.343 e. The number of nitrogens with zero attached hydrogens (tertiary/aromatic N) is 2. The number of rotatable bonds is 7. The van der Waals surface area contributed by atoms with Gasteiger partial charge in [-0.25, -0.2) is 14.6 Å². The van der Waals surface area contributed by atoms with Crippen molar-refractivity contribution in [3.8, 4) is 23.0 Å². The Kier molecular flexibility index (Phi) is 7.56. The van der Waals surface area contributed by atoms with Crippen molar-refractivity contribution in [2.45, 2.75) is 19.9 Å². The summed E-state index contributed by atoms with van der Waals surface area (Å²) in [6.07, 6.45) is 1.74. The number of fused-ring (bicyclic) bond motifs is 2. The van der Waals surface area contributed by atoms with E-state index >= 15 is 0 Å². The van der Waals surface area contributed by atoms with Gasteiger partial charge in [0.2, 0.25) is 6.79 Å². The zero-order valence-electron chi connectivity index (χ0n) is 23.5. The van der Waals surface area contributed by atoms with Crippen molar-refractivity contribution in [3.63, 3.8) is 0 Å². The van der Waals surface area contributed by atoms with Crippen molar-refractivity contribution in [2.24, 2.45) is 4.99 Å². The highest BCUT2D eigenvalue weighted by Gasteiger charge is 2.34. The van der Waals surface area contributed by atoms with E-state index in [0.29, 0.717) is 49.2 Å². The molecule has 11 heteroatoms. The van der Waals surface area contributed by atoms with E-state index in [1.165, 1.54) is 15.9 Å². The standard InChI is InChI=1S/C32H26N2O8S/c1-4-39-31(37)27-18(2)33-32-34(28(27)21-9-14-24-25(16-21)41-17-40-24)29(35)26(43-32)15-19-5-10-23(11-6-19)42-30(36)20-7-12-22(38-3)13-8-20/h5-16,28H,4,17H2,1-3H3/t28-/m0/s1. The summed E-state index contributed by atoms with van der Waals surface area (Å²) < 4.78 is 28.9. The summed E-state index contributed by atoms with van der Waals surface area (Å²) in [7, 11) is 1.55. The first-order valence-corrected chi connectivity index (χ1v) is 14.2. The van der Waals surface area contributed by atoms with Crippen LogP contribution < -0.4 is 33.8 Å². The molecule has 0 fully saturated rings. The van der Waals surface area contributed by atoms with Crippen LogP contribution >= 0.6 is 11.3 Å². The molecule has 1 atom stereocenters. The average molecular weight is 599 g/mol. The molecule has 218 valence electrons. The fraction of sp³-hybridized carbons (Fsp3) is 0.188. The topological polar surface area (TPSA) is 115 Å². The molecular formula is C32H26N2O8S. The zero-order chi connectivity index (χ0) is 30.1. The van der Waals surface area contributed by atoms with Gasteiger partial charge in [0.15, 0.2) is 16.3 Å². The molecule has 4 aromatic rings. The van der Waals surface area contributed by atoms with Gasteiger partial charge in [0.05, 0.1) is 41.1 Å². The molecule has 2 aliphatic heterocycles. The maximum Gasteiger partial charge on any atom is 0.343 e. The minimum absolute atomic E-state index is 0.0978. The third-order valence-electron chi connectivity index (χ3n) is 6.94. The molecule has 10 nitrogen and oxygen atoms in total.